The van der Waals surface area contributed by atoms with Crippen LogP contribution in [0, 0.1) is 0 Å². The molecule has 1 aromatic carbocycles. The summed E-state index contributed by atoms with van der Waals surface area (Å²) in [5, 5.41) is 1.11. The number of para-hydroxylation sites is 1. The van der Waals surface area contributed by atoms with Gasteiger partial charge in [0.1, 0.15) is 0 Å². The molecule has 0 saturated heterocycles. The maximum Gasteiger partial charge on any atom is 0.234 e. The van der Waals surface area contributed by atoms with Crippen molar-refractivity contribution in [1.29, 1.82) is 0 Å². The van der Waals surface area contributed by atoms with E-state index in [-0.39, 0.29) is 0 Å². The van der Waals surface area contributed by atoms with Crippen molar-refractivity contribution in [3.8, 4) is 0 Å². The molecule has 0 unspecified atom stereocenters. The highest BCUT2D eigenvalue weighted by Gasteiger charge is 2.08. The van der Waals surface area contributed by atoms with E-state index < -0.39 is 0 Å². The molecule has 0 N–H and O–H groups in total. The van der Waals surface area contributed by atoms with Gasteiger partial charge in [-0.25, -0.2) is 0 Å². The summed E-state index contributed by atoms with van der Waals surface area (Å²) < 4.78 is 1.64. The van der Waals surface area contributed by atoms with Crippen LogP contribution in [0.3, 0.4) is 0 Å². The minimum Gasteiger partial charge on any atom is -0.397 e. The lowest BCUT2D eigenvalue weighted by Crippen LogP contribution is -1.93. The Morgan fingerprint density at radius 1 is 1.14 bits per heavy atom. The van der Waals surface area contributed by atoms with Crippen molar-refractivity contribution in [3.05, 3.63) is 48.7 Å². The van der Waals surface area contributed by atoms with Gasteiger partial charge in [-0.05, 0) is 12.1 Å². The van der Waals surface area contributed by atoms with Gasteiger partial charge in [0.05, 0.1) is 0 Å². The van der Waals surface area contributed by atoms with Crippen molar-refractivity contribution >= 4 is 31.0 Å². The molecule has 2 heteroatoms. The Kier molecular flexibility index (Phi) is 2.04. The van der Waals surface area contributed by atoms with Crippen LogP contribution in [0.15, 0.2) is 37.4 Å². The first-order valence-corrected chi connectivity index (χ1v) is 4.43. The second-order valence-corrected chi connectivity index (χ2v) is 3.09. The molecule has 2 radical (unpaired) electrons. The predicted octanol–water partition coefficient (Wildman–Crippen LogP) is 2.86. The molecule has 0 atom stereocenters. The molecule has 66 valence electrons. The molecule has 2 aromatic rings. The van der Waals surface area contributed by atoms with E-state index in [2.05, 4.69) is 13.2 Å². The van der Waals surface area contributed by atoms with E-state index in [0.717, 1.165) is 22.2 Å². The van der Waals surface area contributed by atoms with Gasteiger partial charge in [0.2, 0.25) is 7.98 Å². The first-order chi connectivity index (χ1) is 6.79. The lowest BCUT2D eigenvalue weighted by atomic mass is 10.1. The first-order valence-electron chi connectivity index (χ1n) is 4.43. The summed E-state index contributed by atoms with van der Waals surface area (Å²) in [5.41, 5.74) is 2.94. The second-order valence-electron chi connectivity index (χ2n) is 3.09. The van der Waals surface area contributed by atoms with Gasteiger partial charge in [0.15, 0.2) is 0 Å². The van der Waals surface area contributed by atoms with E-state index in [0.29, 0.717) is 0 Å². The van der Waals surface area contributed by atoms with E-state index in [4.69, 9.17) is 7.98 Å². The highest BCUT2D eigenvalue weighted by atomic mass is 14.9. The second kappa shape index (κ2) is 3.22. The third kappa shape index (κ3) is 1.04. The summed E-state index contributed by atoms with van der Waals surface area (Å²) >= 11 is 0. The fourth-order valence-corrected chi connectivity index (χ4v) is 1.73. The number of benzene rings is 1. The molecule has 1 nitrogen and oxygen atoms in total. The van der Waals surface area contributed by atoms with Crippen LogP contribution in [0.4, 0.5) is 0 Å². The highest BCUT2D eigenvalue weighted by Crippen LogP contribution is 2.26. The molecule has 0 amide bonds. The minimum absolute atomic E-state index is 0.904. The molecule has 0 aliphatic heterocycles. The average molecular weight is 179 g/mol. The van der Waals surface area contributed by atoms with Gasteiger partial charge < -0.3 is 4.48 Å². The first kappa shape index (κ1) is 8.88. The summed E-state index contributed by atoms with van der Waals surface area (Å²) in [5.74, 6) is 0. The van der Waals surface area contributed by atoms with Crippen LogP contribution >= 0.6 is 0 Å². The third-order valence-electron chi connectivity index (χ3n) is 2.39. The maximum absolute atomic E-state index is 5.92. The van der Waals surface area contributed by atoms with E-state index in [1.807, 2.05) is 30.3 Å². The number of hydrogen-bond donors (Lipinski definition) is 0. The number of rotatable bonds is 2. The molecule has 1 aromatic heterocycles. The van der Waals surface area contributed by atoms with Gasteiger partial charge in [-0.2, -0.15) is 0 Å². The molecule has 1 heterocycles. The molecule has 0 fully saturated rings. The summed E-state index contributed by atoms with van der Waals surface area (Å²) in [6.07, 6.45) is 3.56. The van der Waals surface area contributed by atoms with Gasteiger partial charge in [0, 0.05) is 22.2 Å². The minimum atomic E-state index is 0.904. The number of fused-ring (bicyclic) bond motifs is 1. The predicted molar refractivity (Wildman–Crippen MR) is 63.3 cm³/mol. The van der Waals surface area contributed by atoms with E-state index >= 15 is 0 Å². The Balaban J connectivity index is 2.98. The van der Waals surface area contributed by atoms with Crippen molar-refractivity contribution in [2.24, 2.45) is 0 Å². The highest BCUT2D eigenvalue weighted by molar-refractivity contribution is 6.14. The zero-order valence-corrected chi connectivity index (χ0v) is 7.90. The van der Waals surface area contributed by atoms with Crippen molar-refractivity contribution in [2.75, 3.05) is 0 Å². The Hall–Kier alpha value is -1.70. The quantitative estimate of drug-likeness (QED) is 0.624. The number of hydrogen-bond acceptors (Lipinski definition) is 0. The van der Waals surface area contributed by atoms with Gasteiger partial charge in [-0.3, -0.25) is 0 Å². The normalized spacial score (nSPS) is 10.3. The SMILES string of the molecule is [B]n1c(C=C)c(C=C)c2ccccc21. The molecule has 0 saturated carbocycles. The Labute approximate surface area is 84.8 Å². The largest absolute Gasteiger partial charge is 0.397 e. The molecule has 14 heavy (non-hydrogen) atoms. The van der Waals surface area contributed by atoms with Crippen LogP contribution < -0.4 is 0 Å². The van der Waals surface area contributed by atoms with Crippen LogP contribution in [-0.2, 0) is 0 Å². The van der Waals surface area contributed by atoms with Crippen molar-refractivity contribution in [3.63, 3.8) is 0 Å². The topological polar surface area (TPSA) is 4.93 Å². The molecular weight excluding hydrogens is 169 g/mol. The molecule has 0 aliphatic rings. The molecule has 0 bridgehead atoms. The molecule has 2 rings (SSSR count). The van der Waals surface area contributed by atoms with E-state index in [9.17, 15) is 0 Å². The Morgan fingerprint density at radius 3 is 2.50 bits per heavy atom. The van der Waals surface area contributed by atoms with Crippen molar-refractivity contribution in [1.82, 2.24) is 4.48 Å². The average Bonchev–Trinajstić information content (AvgIpc) is 2.51. The van der Waals surface area contributed by atoms with Crippen LogP contribution in [0.1, 0.15) is 11.3 Å². The van der Waals surface area contributed by atoms with E-state index in [1.165, 1.54) is 0 Å². The van der Waals surface area contributed by atoms with Crippen LogP contribution in [0.5, 0.6) is 0 Å². The Morgan fingerprint density at radius 2 is 1.86 bits per heavy atom. The van der Waals surface area contributed by atoms with Crippen molar-refractivity contribution < 1.29 is 0 Å². The summed E-state index contributed by atoms with van der Waals surface area (Å²) in [4.78, 5) is 0. The molecule has 0 spiro atoms. The summed E-state index contributed by atoms with van der Waals surface area (Å²) in [7, 11) is 5.92. The third-order valence-corrected chi connectivity index (χ3v) is 2.39. The molecule has 0 aliphatic carbocycles. The smallest absolute Gasteiger partial charge is 0.234 e. The fourth-order valence-electron chi connectivity index (χ4n) is 1.73. The molecular formula is C12H10BN. The van der Waals surface area contributed by atoms with Crippen LogP contribution in [-0.4, -0.2) is 12.5 Å². The van der Waals surface area contributed by atoms with Gasteiger partial charge in [-0.1, -0.05) is 37.4 Å². The lowest BCUT2D eigenvalue weighted by Gasteiger charge is -1.98. The zero-order valence-electron chi connectivity index (χ0n) is 7.90. The summed E-state index contributed by atoms with van der Waals surface area (Å²) in [6.45, 7) is 7.53. The van der Waals surface area contributed by atoms with E-state index in [1.54, 1.807) is 10.6 Å². The standard InChI is InChI=1S/C12H10BN/c1-3-9-10-7-5-6-8-12(10)14(13)11(9)4-2/h3-8H,1-2H2. The van der Waals surface area contributed by atoms with Gasteiger partial charge in [-0.15, -0.1) is 0 Å². The van der Waals surface area contributed by atoms with Crippen LogP contribution in [0.25, 0.3) is 23.1 Å². The monoisotopic (exact) mass is 179 g/mol. The van der Waals surface area contributed by atoms with Crippen molar-refractivity contribution in [2.45, 2.75) is 0 Å². The number of nitrogens with zero attached hydrogens (tertiary/aromatic N) is 1. The number of aromatic nitrogens is 1. The zero-order chi connectivity index (χ0) is 10.1. The lowest BCUT2D eigenvalue weighted by molar-refractivity contribution is 1.28. The Bertz CT molecular complexity index is 508. The fraction of sp³-hybridized carbons (Fsp3) is 0. The maximum atomic E-state index is 5.92. The van der Waals surface area contributed by atoms with Gasteiger partial charge >= 0.3 is 0 Å². The van der Waals surface area contributed by atoms with Crippen LogP contribution in [0.2, 0.25) is 0 Å². The van der Waals surface area contributed by atoms with Gasteiger partial charge in [0.25, 0.3) is 0 Å². The summed E-state index contributed by atoms with van der Waals surface area (Å²) in [6, 6.07) is 7.96.